The number of thiazole rings is 1. The average molecular weight is 280 g/mol. The number of H-pyrrole nitrogens is 1. The summed E-state index contributed by atoms with van der Waals surface area (Å²) in [7, 11) is 0. The van der Waals surface area contributed by atoms with E-state index in [0.717, 1.165) is 11.1 Å². The average Bonchev–Trinajstić information content (AvgIpc) is 2.95. The lowest BCUT2D eigenvalue weighted by molar-refractivity contribution is 0.591. The molecule has 0 amide bonds. The number of fused-ring (bicyclic) bond motifs is 1. The molecule has 2 aromatic heterocycles. The van der Waals surface area contributed by atoms with Crippen LogP contribution in [0.1, 0.15) is 5.01 Å². The van der Waals surface area contributed by atoms with Gasteiger partial charge in [-0.2, -0.15) is 0 Å². The fourth-order valence-corrected chi connectivity index (χ4v) is 2.62. The lowest BCUT2D eigenvalue weighted by Gasteiger charge is -1.90. The number of aromatic amines is 1. The second-order valence-corrected chi connectivity index (χ2v) is 4.98. The van der Waals surface area contributed by atoms with Gasteiger partial charge in [0, 0.05) is 17.9 Å². The highest BCUT2D eigenvalue weighted by molar-refractivity contribution is 7.09. The topological polar surface area (TPSA) is 67.6 Å². The van der Waals surface area contributed by atoms with E-state index in [1.54, 1.807) is 0 Å². The van der Waals surface area contributed by atoms with E-state index < -0.39 is 11.6 Å². The zero-order valence-electron chi connectivity index (χ0n) is 9.78. The maximum Gasteiger partial charge on any atom is 0.158 e. The number of rotatable bonds is 3. The quantitative estimate of drug-likeness (QED) is 0.774. The molecule has 0 saturated carbocycles. The Kier molecular flexibility index (Phi) is 3.00. The van der Waals surface area contributed by atoms with Crippen molar-refractivity contribution in [1.29, 1.82) is 0 Å². The maximum atomic E-state index is 13.5. The van der Waals surface area contributed by atoms with Crippen molar-refractivity contribution in [3.8, 4) is 11.5 Å². The van der Waals surface area contributed by atoms with E-state index in [2.05, 4.69) is 15.0 Å². The van der Waals surface area contributed by atoms with Crippen molar-refractivity contribution in [1.82, 2.24) is 15.0 Å². The first-order valence-electron chi connectivity index (χ1n) is 5.67. The Morgan fingerprint density at radius 3 is 2.89 bits per heavy atom. The molecule has 4 nitrogen and oxygen atoms in total. The van der Waals surface area contributed by atoms with Crippen molar-refractivity contribution < 1.29 is 8.78 Å². The molecular weight excluding hydrogens is 270 g/mol. The molecule has 0 unspecified atom stereocenters. The third-order valence-electron chi connectivity index (χ3n) is 2.66. The third kappa shape index (κ3) is 2.22. The Bertz CT molecular complexity index is 734. The highest BCUT2D eigenvalue weighted by Crippen LogP contribution is 2.24. The summed E-state index contributed by atoms with van der Waals surface area (Å²) >= 11 is 1.47. The number of hydrogen-bond donors (Lipinski definition) is 2. The number of hydrogen-bond acceptors (Lipinski definition) is 4. The first kappa shape index (κ1) is 12.2. The molecule has 3 aromatic rings. The van der Waals surface area contributed by atoms with Gasteiger partial charge in [-0.1, -0.05) is 0 Å². The number of nitrogens with one attached hydrogen (secondary N) is 1. The maximum absolute atomic E-state index is 13.5. The Labute approximate surface area is 111 Å². The Morgan fingerprint density at radius 1 is 1.26 bits per heavy atom. The van der Waals surface area contributed by atoms with Crippen LogP contribution in [0.2, 0.25) is 0 Å². The van der Waals surface area contributed by atoms with Gasteiger partial charge in [-0.05, 0) is 12.6 Å². The highest BCUT2D eigenvalue weighted by Gasteiger charge is 2.13. The number of aromatic nitrogens is 3. The minimum Gasteiger partial charge on any atom is -0.336 e. The van der Waals surface area contributed by atoms with E-state index in [0.29, 0.717) is 30.0 Å². The van der Waals surface area contributed by atoms with Crippen LogP contribution in [-0.2, 0) is 6.42 Å². The van der Waals surface area contributed by atoms with E-state index in [9.17, 15) is 8.78 Å². The van der Waals surface area contributed by atoms with Gasteiger partial charge in [0.1, 0.15) is 17.0 Å². The van der Waals surface area contributed by atoms with E-state index in [1.807, 2.05) is 5.38 Å². The summed E-state index contributed by atoms with van der Waals surface area (Å²) in [5.74, 6) is -0.892. The minimum absolute atomic E-state index is 0.116. The van der Waals surface area contributed by atoms with Gasteiger partial charge in [0.25, 0.3) is 0 Å². The lowest BCUT2D eigenvalue weighted by atomic mass is 10.3. The summed E-state index contributed by atoms with van der Waals surface area (Å²) < 4.78 is 26.6. The molecule has 0 radical (unpaired) electrons. The molecule has 19 heavy (non-hydrogen) atoms. The van der Waals surface area contributed by atoms with E-state index in [4.69, 9.17) is 5.73 Å². The van der Waals surface area contributed by atoms with E-state index in [1.165, 1.54) is 17.4 Å². The van der Waals surface area contributed by atoms with Crippen molar-refractivity contribution in [2.45, 2.75) is 6.42 Å². The zero-order chi connectivity index (χ0) is 13.4. The van der Waals surface area contributed by atoms with Gasteiger partial charge in [-0.15, -0.1) is 11.3 Å². The molecule has 0 spiro atoms. The summed E-state index contributed by atoms with van der Waals surface area (Å²) in [6.45, 7) is 0.521. The molecule has 3 rings (SSSR count). The molecule has 2 heterocycles. The van der Waals surface area contributed by atoms with Crippen LogP contribution in [0.25, 0.3) is 22.6 Å². The van der Waals surface area contributed by atoms with Crippen LogP contribution in [0.4, 0.5) is 8.78 Å². The summed E-state index contributed by atoms with van der Waals surface area (Å²) in [5, 5.41) is 2.71. The van der Waals surface area contributed by atoms with Crippen molar-refractivity contribution in [3.63, 3.8) is 0 Å². The van der Waals surface area contributed by atoms with E-state index >= 15 is 0 Å². The molecule has 0 bridgehead atoms. The normalized spacial score (nSPS) is 11.3. The molecular formula is C12H10F2N4S. The molecule has 0 atom stereocenters. The summed E-state index contributed by atoms with van der Waals surface area (Å²) in [4.78, 5) is 11.3. The molecule has 0 aliphatic rings. The predicted molar refractivity (Wildman–Crippen MR) is 69.9 cm³/mol. The van der Waals surface area contributed by atoms with Crippen LogP contribution in [0.3, 0.4) is 0 Å². The van der Waals surface area contributed by atoms with Gasteiger partial charge in [-0.25, -0.2) is 18.7 Å². The second-order valence-electron chi connectivity index (χ2n) is 4.03. The monoisotopic (exact) mass is 280 g/mol. The first-order chi connectivity index (χ1) is 9.17. The molecule has 0 saturated heterocycles. The zero-order valence-corrected chi connectivity index (χ0v) is 10.6. The van der Waals surface area contributed by atoms with Gasteiger partial charge >= 0.3 is 0 Å². The fraction of sp³-hybridized carbons (Fsp3) is 0.167. The standard InChI is InChI=1S/C12H10F2N4S/c13-6-3-7(14)11-8(4-6)17-12(18-11)9-5-19-10(16-9)1-2-15/h3-5H,1-2,15H2,(H,17,18). The minimum atomic E-state index is -0.685. The lowest BCUT2D eigenvalue weighted by Crippen LogP contribution is -2.02. The molecule has 7 heteroatoms. The van der Waals surface area contributed by atoms with Gasteiger partial charge in [0.05, 0.1) is 10.5 Å². The largest absolute Gasteiger partial charge is 0.336 e. The molecule has 0 aliphatic heterocycles. The van der Waals surface area contributed by atoms with Crippen LogP contribution in [0.5, 0.6) is 0 Å². The molecule has 3 N–H and O–H groups in total. The van der Waals surface area contributed by atoms with Crippen LogP contribution >= 0.6 is 11.3 Å². The van der Waals surface area contributed by atoms with Crippen molar-refractivity contribution in [2.75, 3.05) is 6.54 Å². The van der Waals surface area contributed by atoms with Crippen LogP contribution in [0, 0.1) is 11.6 Å². The van der Waals surface area contributed by atoms with Gasteiger partial charge in [-0.3, -0.25) is 0 Å². The first-order valence-corrected chi connectivity index (χ1v) is 6.55. The molecule has 0 aliphatic carbocycles. The number of benzene rings is 1. The van der Waals surface area contributed by atoms with Crippen LogP contribution in [0.15, 0.2) is 17.5 Å². The number of nitrogens with zero attached hydrogens (tertiary/aromatic N) is 2. The van der Waals surface area contributed by atoms with Crippen LogP contribution < -0.4 is 5.73 Å². The Morgan fingerprint density at radius 2 is 2.11 bits per heavy atom. The summed E-state index contributed by atoms with van der Waals surface area (Å²) in [6.07, 6.45) is 0.688. The Hall–Kier alpha value is -1.86. The van der Waals surface area contributed by atoms with Crippen molar-refractivity contribution in [3.05, 3.63) is 34.2 Å². The predicted octanol–water partition coefficient (Wildman–Crippen LogP) is 2.47. The van der Waals surface area contributed by atoms with Crippen molar-refractivity contribution in [2.24, 2.45) is 5.73 Å². The summed E-state index contributed by atoms with van der Waals surface area (Å²) in [6, 6.07) is 2.02. The number of nitrogens with two attached hydrogens (primary N) is 1. The van der Waals surface area contributed by atoms with Gasteiger partial charge < -0.3 is 10.7 Å². The van der Waals surface area contributed by atoms with Gasteiger partial charge in [0.15, 0.2) is 11.6 Å². The van der Waals surface area contributed by atoms with Crippen LogP contribution in [-0.4, -0.2) is 21.5 Å². The highest BCUT2D eigenvalue weighted by atomic mass is 32.1. The van der Waals surface area contributed by atoms with E-state index in [-0.39, 0.29) is 5.52 Å². The molecule has 0 fully saturated rings. The third-order valence-corrected chi connectivity index (χ3v) is 3.57. The number of halogens is 2. The number of imidazole rings is 1. The molecule has 98 valence electrons. The second kappa shape index (κ2) is 4.67. The Balaban J connectivity index is 2.07. The van der Waals surface area contributed by atoms with Crippen molar-refractivity contribution >= 4 is 22.4 Å². The fourth-order valence-electron chi connectivity index (χ4n) is 1.82. The SMILES string of the molecule is NCCc1nc(-c2nc3c(F)cc(F)cc3[nH]2)cs1. The van der Waals surface area contributed by atoms with Gasteiger partial charge in [0.2, 0.25) is 0 Å². The molecule has 1 aromatic carbocycles. The summed E-state index contributed by atoms with van der Waals surface area (Å²) in [5.41, 5.74) is 6.51. The smallest absolute Gasteiger partial charge is 0.158 e.